The van der Waals surface area contributed by atoms with Gasteiger partial charge in [-0.05, 0) is 12.1 Å². The lowest BCUT2D eigenvalue weighted by Gasteiger charge is -2.01. The number of nitrogens with two attached hydrogens (primary N) is 1. The first-order valence-electron chi connectivity index (χ1n) is 5.73. The van der Waals surface area contributed by atoms with Gasteiger partial charge in [0, 0.05) is 18.3 Å². The summed E-state index contributed by atoms with van der Waals surface area (Å²) in [7, 11) is 0. The van der Waals surface area contributed by atoms with E-state index in [1.54, 1.807) is 22.9 Å². The molecular formula is C13H13N3OS2. The molecule has 6 heteroatoms. The zero-order valence-corrected chi connectivity index (χ0v) is 11.8. The molecule has 2 rings (SSSR count). The largest absolute Gasteiger partial charge is 0.351 e. The number of aromatic nitrogens is 1. The van der Waals surface area contributed by atoms with Crippen LogP contribution in [0.2, 0.25) is 0 Å². The first-order valence-corrected chi connectivity index (χ1v) is 7.49. The third-order valence-electron chi connectivity index (χ3n) is 2.29. The van der Waals surface area contributed by atoms with Gasteiger partial charge >= 0.3 is 0 Å². The summed E-state index contributed by atoms with van der Waals surface area (Å²) in [4.78, 5) is 17.6. The van der Waals surface area contributed by atoms with Crippen LogP contribution in [0.15, 0.2) is 23.0 Å². The highest BCUT2D eigenvalue weighted by Crippen LogP contribution is 2.15. The predicted octanol–water partition coefficient (Wildman–Crippen LogP) is 1.49. The molecule has 0 aliphatic heterocycles. The number of carbonyl (C=O) groups excluding carboxylic acids is 1. The second-order valence-corrected chi connectivity index (χ2v) is 5.46. The Morgan fingerprint density at radius 1 is 1.47 bits per heavy atom. The van der Waals surface area contributed by atoms with Gasteiger partial charge in [0.1, 0.15) is 0 Å². The number of nitrogens with zero attached hydrogens (tertiary/aromatic N) is 1. The molecule has 0 bridgehead atoms. The van der Waals surface area contributed by atoms with Crippen LogP contribution in [-0.4, -0.2) is 24.0 Å². The zero-order valence-electron chi connectivity index (χ0n) is 10.2. The third-order valence-corrected chi connectivity index (χ3v) is 3.93. The lowest BCUT2D eigenvalue weighted by Crippen LogP contribution is -2.24. The van der Waals surface area contributed by atoms with Crippen LogP contribution < -0.4 is 11.1 Å². The van der Waals surface area contributed by atoms with E-state index in [4.69, 9.17) is 5.73 Å². The van der Waals surface area contributed by atoms with Gasteiger partial charge in [-0.15, -0.1) is 22.7 Å². The molecule has 0 saturated heterocycles. The maximum atomic E-state index is 11.9. The number of nitrogens with one attached hydrogen (secondary N) is 1. The lowest BCUT2D eigenvalue weighted by atomic mass is 10.3. The standard InChI is InChI=1S/C13H13N3OS2/c14-6-1-2-11-3-4-12(19-11)13(17)15-7-5-10-8-18-9-16-10/h3-4,8-9H,5-7,14H2,(H,15,17). The van der Waals surface area contributed by atoms with Gasteiger partial charge in [-0.1, -0.05) is 11.8 Å². The molecule has 0 aliphatic carbocycles. The van der Waals surface area contributed by atoms with Crippen molar-refractivity contribution in [2.75, 3.05) is 13.1 Å². The van der Waals surface area contributed by atoms with E-state index in [2.05, 4.69) is 22.1 Å². The molecule has 0 spiro atoms. The van der Waals surface area contributed by atoms with Crippen molar-refractivity contribution >= 4 is 28.6 Å². The summed E-state index contributed by atoms with van der Waals surface area (Å²) in [5.41, 5.74) is 8.10. The van der Waals surface area contributed by atoms with Gasteiger partial charge in [-0.25, -0.2) is 4.98 Å². The maximum Gasteiger partial charge on any atom is 0.261 e. The van der Waals surface area contributed by atoms with Gasteiger partial charge in [0.15, 0.2) is 0 Å². The molecule has 2 heterocycles. The van der Waals surface area contributed by atoms with Crippen LogP contribution in [0, 0.1) is 11.8 Å². The van der Waals surface area contributed by atoms with Gasteiger partial charge in [0.05, 0.1) is 27.5 Å². The Balaban J connectivity index is 1.84. The van der Waals surface area contributed by atoms with E-state index in [0.29, 0.717) is 18.0 Å². The molecule has 0 aromatic carbocycles. The molecule has 3 N–H and O–H groups in total. The Bertz CT molecular complexity index is 593. The average molecular weight is 291 g/mol. The van der Waals surface area contributed by atoms with Crippen molar-refractivity contribution in [3.63, 3.8) is 0 Å². The van der Waals surface area contributed by atoms with Crippen LogP contribution in [0.5, 0.6) is 0 Å². The van der Waals surface area contributed by atoms with Crippen LogP contribution in [0.3, 0.4) is 0 Å². The van der Waals surface area contributed by atoms with Crippen molar-refractivity contribution < 1.29 is 4.79 Å². The second-order valence-electron chi connectivity index (χ2n) is 3.66. The second kappa shape index (κ2) is 7.04. The minimum atomic E-state index is -0.0685. The van der Waals surface area contributed by atoms with Crippen molar-refractivity contribution in [1.29, 1.82) is 0 Å². The Morgan fingerprint density at radius 2 is 2.37 bits per heavy atom. The van der Waals surface area contributed by atoms with Gasteiger partial charge in [-0.3, -0.25) is 4.79 Å². The number of thiophene rings is 1. The quantitative estimate of drug-likeness (QED) is 0.839. The van der Waals surface area contributed by atoms with E-state index in [9.17, 15) is 4.79 Å². The molecular weight excluding hydrogens is 278 g/mol. The van der Waals surface area contributed by atoms with Gasteiger partial charge in [-0.2, -0.15) is 0 Å². The fourth-order valence-corrected chi connectivity index (χ4v) is 2.81. The molecule has 1 amide bonds. The van der Waals surface area contributed by atoms with Crippen LogP contribution in [0.25, 0.3) is 0 Å². The molecule has 0 fully saturated rings. The van der Waals surface area contributed by atoms with E-state index < -0.39 is 0 Å². The molecule has 0 aliphatic rings. The van der Waals surface area contributed by atoms with Crippen molar-refractivity contribution in [3.05, 3.63) is 38.5 Å². The number of rotatable bonds is 4. The number of thiazole rings is 1. The van der Waals surface area contributed by atoms with Crippen LogP contribution in [0.4, 0.5) is 0 Å². The van der Waals surface area contributed by atoms with E-state index in [1.165, 1.54) is 11.3 Å². The average Bonchev–Trinajstić information content (AvgIpc) is 3.07. The highest BCUT2D eigenvalue weighted by Gasteiger charge is 2.07. The SMILES string of the molecule is NCC#Cc1ccc(C(=O)NCCc2cscn2)s1. The minimum absolute atomic E-state index is 0.0685. The van der Waals surface area contributed by atoms with Gasteiger partial charge in [0.2, 0.25) is 0 Å². The van der Waals surface area contributed by atoms with Crippen LogP contribution in [0.1, 0.15) is 20.2 Å². The van der Waals surface area contributed by atoms with E-state index in [-0.39, 0.29) is 5.91 Å². The lowest BCUT2D eigenvalue weighted by molar-refractivity contribution is 0.0958. The molecule has 0 unspecified atom stereocenters. The first kappa shape index (κ1) is 13.7. The third kappa shape index (κ3) is 4.17. The van der Waals surface area contributed by atoms with Crippen LogP contribution >= 0.6 is 22.7 Å². The highest BCUT2D eigenvalue weighted by molar-refractivity contribution is 7.14. The molecule has 0 saturated carbocycles. The number of amides is 1. The Kier molecular flexibility index (Phi) is 5.10. The number of carbonyl (C=O) groups is 1. The highest BCUT2D eigenvalue weighted by atomic mass is 32.1. The van der Waals surface area contributed by atoms with E-state index in [1.807, 2.05) is 11.4 Å². The topological polar surface area (TPSA) is 68.0 Å². The Labute approximate surface area is 119 Å². The van der Waals surface area contributed by atoms with Crippen molar-refractivity contribution in [2.45, 2.75) is 6.42 Å². The minimum Gasteiger partial charge on any atom is -0.351 e. The summed E-state index contributed by atoms with van der Waals surface area (Å²) in [5.74, 6) is 5.61. The first-order chi connectivity index (χ1) is 9.29. The number of hydrogen-bond acceptors (Lipinski definition) is 5. The summed E-state index contributed by atoms with van der Waals surface area (Å²) >= 11 is 2.93. The molecule has 19 heavy (non-hydrogen) atoms. The van der Waals surface area contributed by atoms with Crippen molar-refractivity contribution in [1.82, 2.24) is 10.3 Å². The summed E-state index contributed by atoms with van der Waals surface area (Å²) in [6.07, 6.45) is 0.750. The molecule has 2 aromatic heterocycles. The smallest absolute Gasteiger partial charge is 0.261 e. The Morgan fingerprint density at radius 3 is 3.11 bits per heavy atom. The monoisotopic (exact) mass is 291 g/mol. The number of hydrogen-bond donors (Lipinski definition) is 2. The normalized spacial score (nSPS) is 9.74. The molecule has 98 valence electrons. The summed E-state index contributed by atoms with van der Waals surface area (Å²) in [5, 5.41) is 4.85. The summed E-state index contributed by atoms with van der Waals surface area (Å²) in [6, 6.07) is 3.62. The predicted molar refractivity (Wildman–Crippen MR) is 78.4 cm³/mol. The molecule has 4 nitrogen and oxygen atoms in total. The summed E-state index contributed by atoms with van der Waals surface area (Å²) < 4.78 is 0. The van der Waals surface area contributed by atoms with Crippen molar-refractivity contribution in [3.8, 4) is 11.8 Å². The van der Waals surface area contributed by atoms with Gasteiger partial charge in [0.25, 0.3) is 5.91 Å². The van der Waals surface area contributed by atoms with Crippen molar-refractivity contribution in [2.24, 2.45) is 5.73 Å². The van der Waals surface area contributed by atoms with E-state index in [0.717, 1.165) is 17.0 Å². The van der Waals surface area contributed by atoms with Crippen LogP contribution in [-0.2, 0) is 6.42 Å². The molecule has 0 atom stereocenters. The fraction of sp³-hybridized carbons (Fsp3) is 0.231. The zero-order chi connectivity index (χ0) is 13.5. The van der Waals surface area contributed by atoms with E-state index >= 15 is 0 Å². The maximum absolute atomic E-state index is 11.9. The molecule has 0 radical (unpaired) electrons. The van der Waals surface area contributed by atoms with Gasteiger partial charge < -0.3 is 11.1 Å². The molecule has 2 aromatic rings. The summed E-state index contributed by atoms with van der Waals surface area (Å²) in [6.45, 7) is 0.914. The fourth-order valence-electron chi connectivity index (χ4n) is 1.42. The Hall–Kier alpha value is -1.68.